The van der Waals surface area contributed by atoms with Gasteiger partial charge < -0.3 is 77.5 Å². The zero-order valence-corrected chi connectivity index (χ0v) is 57.7. The highest BCUT2D eigenvalue weighted by Gasteiger charge is 2.38. The standard InChI is InChI=1S/C66H92N6O25/c1-17-66(33-89-27-39(5)92-30-42(8)95-63(82)67-47-21-18-36(2)50(24-47)70-56(75)53(45(11)73)46(12)74,34-90-28-40(6)93-31-43(9)96-64(83)68-48-22-19-37(3)51(25-48)71-57(76)54(59(78)85-13)60(79)86-14)35-91-29-41(7)94-32-44(10)97-65(84)69-49-23-20-38(4)52(26-49)72-58(77)55(61(80)87-15)62(81)88-16/h18-26,39-44,53-55H,17,27-35H2,1-16H3,(H,67,82)(H,68,83)(H,69,84)(H,70,75)(H,71,76)(H,72,77). The Morgan fingerprint density at radius 1 is 0.371 bits per heavy atom. The van der Waals surface area contributed by atoms with Crippen LogP contribution >= 0.6 is 0 Å². The number of hydrogen-bond donors (Lipinski definition) is 6. The number of ether oxygens (including phenoxy) is 13. The van der Waals surface area contributed by atoms with Gasteiger partial charge in [-0.25, -0.2) is 14.4 Å². The van der Waals surface area contributed by atoms with Crippen molar-refractivity contribution in [2.24, 2.45) is 23.2 Å². The Balaban J connectivity index is 1.62. The summed E-state index contributed by atoms with van der Waals surface area (Å²) in [6.45, 7) is 20.1. The number of amides is 6. The van der Waals surface area contributed by atoms with Crippen LogP contribution in [0.5, 0.6) is 0 Å². The summed E-state index contributed by atoms with van der Waals surface area (Å²) in [5, 5.41) is 15.3. The number of hydrogen-bond acceptors (Lipinski definition) is 25. The summed E-state index contributed by atoms with van der Waals surface area (Å²) >= 11 is 0. The minimum absolute atomic E-state index is 0.0126. The van der Waals surface area contributed by atoms with Crippen molar-refractivity contribution in [2.75, 3.05) is 120 Å². The Bertz CT molecular complexity index is 3030. The number of carbonyl (C=O) groups is 12. The van der Waals surface area contributed by atoms with Gasteiger partial charge in [0.2, 0.25) is 29.6 Å². The van der Waals surface area contributed by atoms with Gasteiger partial charge in [-0.05, 0) is 136 Å². The number of aryl methyl sites for hydroxylation is 3. The highest BCUT2D eigenvalue weighted by Crippen LogP contribution is 2.28. The first-order valence-electron chi connectivity index (χ1n) is 30.9. The summed E-state index contributed by atoms with van der Waals surface area (Å²) in [5.74, 6) is -13.7. The van der Waals surface area contributed by atoms with Crippen molar-refractivity contribution in [2.45, 2.75) is 126 Å². The predicted octanol–water partition coefficient (Wildman–Crippen LogP) is 7.02. The van der Waals surface area contributed by atoms with Gasteiger partial charge in [0.25, 0.3) is 0 Å². The maximum atomic E-state index is 13.0. The molecule has 0 aliphatic heterocycles. The van der Waals surface area contributed by atoms with Crippen LogP contribution in [0.15, 0.2) is 54.6 Å². The van der Waals surface area contributed by atoms with Crippen molar-refractivity contribution < 1.29 is 119 Å². The van der Waals surface area contributed by atoms with Crippen molar-refractivity contribution in [3.05, 3.63) is 71.3 Å². The molecule has 3 rings (SSSR count). The lowest BCUT2D eigenvalue weighted by molar-refractivity contribution is -0.163. The molecule has 0 fully saturated rings. The number of esters is 4. The minimum Gasteiger partial charge on any atom is -0.468 e. The summed E-state index contributed by atoms with van der Waals surface area (Å²) in [4.78, 5) is 150. The number of ketones is 2. The molecule has 0 radical (unpaired) electrons. The Hall–Kier alpha value is -9.14. The van der Waals surface area contributed by atoms with Crippen LogP contribution in [0, 0.1) is 43.9 Å². The molecule has 31 heteroatoms. The second kappa shape index (κ2) is 41.1. The zero-order chi connectivity index (χ0) is 72.7. The molecule has 31 nitrogen and oxygen atoms in total. The topological polar surface area (TPSA) is 397 Å². The molecule has 0 aromatic heterocycles. The number of nitrogens with one attached hydrogen (secondary N) is 6. The number of rotatable bonds is 40. The first-order chi connectivity index (χ1) is 45.8. The van der Waals surface area contributed by atoms with Crippen LogP contribution in [-0.2, 0) is 105 Å². The average Bonchev–Trinajstić information content (AvgIpc) is 0.859. The van der Waals surface area contributed by atoms with E-state index >= 15 is 0 Å². The molecular weight excluding hydrogens is 1280 g/mol. The second-order valence-corrected chi connectivity index (χ2v) is 23.0. The maximum Gasteiger partial charge on any atom is 0.411 e. The molecule has 0 heterocycles. The van der Waals surface area contributed by atoms with E-state index in [-0.39, 0.29) is 93.6 Å². The predicted molar refractivity (Wildman–Crippen MR) is 349 cm³/mol. The number of Topliss-reactive ketones (excluding diaryl/α,β-unsaturated/α-hetero) is 2. The van der Waals surface area contributed by atoms with Crippen LogP contribution < -0.4 is 31.9 Å². The second-order valence-electron chi connectivity index (χ2n) is 23.0. The first-order valence-corrected chi connectivity index (χ1v) is 30.9. The van der Waals surface area contributed by atoms with Crippen LogP contribution in [-0.4, -0.2) is 196 Å². The van der Waals surface area contributed by atoms with Crippen LogP contribution in [0.25, 0.3) is 0 Å². The van der Waals surface area contributed by atoms with Gasteiger partial charge in [-0.1, -0.05) is 25.1 Å². The Labute approximate surface area is 563 Å². The summed E-state index contributed by atoms with van der Waals surface area (Å²) in [6.07, 6.45) is -5.72. The quantitative estimate of drug-likeness (QED) is 0.0189. The minimum atomic E-state index is -1.89. The molecule has 6 atom stereocenters. The Morgan fingerprint density at radius 2 is 0.629 bits per heavy atom. The molecule has 6 amide bonds. The molecule has 536 valence electrons. The van der Waals surface area contributed by atoms with E-state index in [1.807, 2.05) is 6.92 Å². The SMILES string of the molecule is CCC(COCC(C)OCC(C)OC(=O)Nc1ccc(C)c(NC(=O)C(C(C)=O)C(C)=O)c1)(COCC(C)OCC(C)OC(=O)Nc1ccc(C)c(NC(=O)C(C(=O)OC)C(=O)OC)c1)COCC(C)OCC(C)OC(=O)Nc1ccc(C)c(NC(=O)C(C(=O)OC)C(=O)OC)c1. The van der Waals surface area contributed by atoms with Crippen molar-refractivity contribution in [1.82, 2.24) is 0 Å². The smallest absolute Gasteiger partial charge is 0.411 e. The highest BCUT2D eigenvalue weighted by atomic mass is 16.6. The largest absolute Gasteiger partial charge is 0.468 e. The van der Waals surface area contributed by atoms with Gasteiger partial charge in [0.1, 0.15) is 29.9 Å². The van der Waals surface area contributed by atoms with Crippen LogP contribution in [0.4, 0.5) is 48.5 Å². The molecule has 0 saturated carbocycles. The third-order valence-electron chi connectivity index (χ3n) is 14.4. The lowest BCUT2D eigenvalue weighted by Crippen LogP contribution is -2.39. The molecule has 0 saturated heterocycles. The molecule has 3 aromatic carbocycles. The van der Waals surface area contributed by atoms with Crippen molar-refractivity contribution in [3.63, 3.8) is 0 Å². The number of carbonyl (C=O) groups excluding carboxylic acids is 12. The van der Waals surface area contributed by atoms with Gasteiger partial charge in [-0.15, -0.1) is 0 Å². The van der Waals surface area contributed by atoms with Gasteiger partial charge in [0.05, 0.1) is 106 Å². The Morgan fingerprint density at radius 3 is 0.866 bits per heavy atom. The maximum absolute atomic E-state index is 13.0. The van der Waals surface area contributed by atoms with E-state index in [9.17, 15) is 57.5 Å². The van der Waals surface area contributed by atoms with E-state index in [4.69, 9.17) is 42.6 Å². The Kier molecular flexibility index (Phi) is 34.8. The molecule has 3 aromatic rings. The van der Waals surface area contributed by atoms with Gasteiger partial charge >= 0.3 is 42.2 Å². The summed E-state index contributed by atoms with van der Waals surface area (Å²) in [6, 6.07) is 13.8. The molecule has 0 bridgehead atoms. The highest BCUT2D eigenvalue weighted by molar-refractivity contribution is 6.21. The third kappa shape index (κ3) is 28.2. The summed E-state index contributed by atoms with van der Waals surface area (Å²) < 4.78 is 71.6. The number of benzene rings is 3. The van der Waals surface area contributed by atoms with E-state index < -0.39 is 131 Å². The summed E-state index contributed by atoms with van der Waals surface area (Å²) in [5.41, 5.74) is 2.31. The van der Waals surface area contributed by atoms with Crippen molar-refractivity contribution in [1.29, 1.82) is 0 Å². The van der Waals surface area contributed by atoms with E-state index in [0.29, 0.717) is 23.1 Å². The number of anilines is 6. The molecule has 97 heavy (non-hydrogen) atoms. The van der Waals surface area contributed by atoms with Crippen LogP contribution in [0.3, 0.4) is 0 Å². The lowest BCUT2D eigenvalue weighted by atomic mass is 9.88. The van der Waals surface area contributed by atoms with Crippen LogP contribution in [0.2, 0.25) is 0 Å². The number of methoxy groups -OCH3 is 4. The van der Waals surface area contributed by atoms with Crippen molar-refractivity contribution in [3.8, 4) is 0 Å². The molecule has 0 aliphatic carbocycles. The van der Waals surface area contributed by atoms with E-state index in [1.54, 1.807) is 98.7 Å². The van der Waals surface area contributed by atoms with Crippen molar-refractivity contribution >= 4 is 106 Å². The van der Waals surface area contributed by atoms with E-state index in [0.717, 1.165) is 42.3 Å². The molecule has 0 aliphatic rings. The van der Waals surface area contributed by atoms with Gasteiger partial charge in [0, 0.05) is 39.5 Å². The monoisotopic (exact) mass is 1370 g/mol. The average molecular weight is 1370 g/mol. The van der Waals surface area contributed by atoms with Gasteiger partial charge in [0.15, 0.2) is 5.92 Å². The lowest BCUT2D eigenvalue weighted by Gasteiger charge is -2.33. The zero-order valence-electron chi connectivity index (χ0n) is 57.7. The first kappa shape index (κ1) is 82.1. The van der Waals surface area contributed by atoms with Crippen LogP contribution in [0.1, 0.15) is 85.4 Å². The molecule has 0 spiro atoms. The summed E-state index contributed by atoms with van der Waals surface area (Å²) in [7, 11) is 4.08. The molecule has 6 N–H and O–H groups in total. The molecular formula is C66H92N6O25. The van der Waals surface area contributed by atoms with Gasteiger partial charge in [-0.2, -0.15) is 0 Å². The molecule has 6 unspecified atom stereocenters. The fourth-order valence-electron chi connectivity index (χ4n) is 8.76. The van der Waals surface area contributed by atoms with E-state index in [1.165, 1.54) is 18.2 Å². The third-order valence-corrected chi connectivity index (χ3v) is 14.4. The van der Waals surface area contributed by atoms with Gasteiger partial charge in [-0.3, -0.25) is 59.1 Å². The normalized spacial score (nSPS) is 13.6. The fraction of sp³-hybridized carbons (Fsp3) is 0.545. The fourth-order valence-corrected chi connectivity index (χ4v) is 8.76. The van der Waals surface area contributed by atoms with E-state index in [2.05, 4.69) is 50.8 Å².